The first-order chi connectivity index (χ1) is 10.6. The number of nitrogens with zero attached hydrogens (tertiary/aromatic N) is 1. The van der Waals surface area contributed by atoms with Crippen LogP contribution >= 0.6 is 0 Å². The van der Waals surface area contributed by atoms with E-state index in [1.54, 1.807) is 6.92 Å². The zero-order chi connectivity index (χ0) is 15.7. The van der Waals surface area contributed by atoms with Crippen LogP contribution in [0.2, 0.25) is 0 Å². The van der Waals surface area contributed by atoms with Gasteiger partial charge < -0.3 is 9.84 Å². The van der Waals surface area contributed by atoms with E-state index in [-0.39, 0.29) is 11.9 Å². The van der Waals surface area contributed by atoms with Gasteiger partial charge in [-0.2, -0.15) is 0 Å². The Morgan fingerprint density at radius 2 is 2.14 bits per heavy atom. The van der Waals surface area contributed by atoms with Gasteiger partial charge in [-0.1, -0.05) is 42.4 Å². The third kappa shape index (κ3) is 2.78. The molecule has 3 rings (SSSR count). The van der Waals surface area contributed by atoms with Gasteiger partial charge in [0.15, 0.2) is 0 Å². The fraction of sp³-hybridized carbons (Fsp3) is 0.444. The summed E-state index contributed by atoms with van der Waals surface area (Å²) >= 11 is 0. The Kier molecular flexibility index (Phi) is 4.01. The topological polar surface area (TPSA) is 55.1 Å². The Balaban J connectivity index is 1.64. The highest BCUT2D eigenvalue weighted by atomic mass is 16.5. The Bertz CT molecular complexity index is 663. The fourth-order valence-electron chi connectivity index (χ4n) is 3.19. The predicted octanol–water partition coefficient (Wildman–Crippen LogP) is 3.47. The van der Waals surface area contributed by atoms with Gasteiger partial charge in [0.05, 0.1) is 5.69 Å². The normalized spacial score (nSPS) is 21.4. The van der Waals surface area contributed by atoms with Crippen LogP contribution in [0.25, 0.3) is 0 Å². The lowest BCUT2D eigenvalue weighted by atomic mass is 10.1. The molecule has 22 heavy (non-hydrogen) atoms. The molecule has 4 heteroatoms. The van der Waals surface area contributed by atoms with Crippen LogP contribution < -0.4 is 5.32 Å². The molecule has 1 N–H and O–H groups in total. The fourth-order valence-corrected chi connectivity index (χ4v) is 3.19. The van der Waals surface area contributed by atoms with Gasteiger partial charge >= 0.3 is 0 Å². The third-order valence-electron chi connectivity index (χ3n) is 4.56. The molecule has 0 bridgehead atoms. The lowest BCUT2D eigenvalue weighted by Crippen LogP contribution is -2.35. The van der Waals surface area contributed by atoms with E-state index in [0.29, 0.717) is 29.6 Å². The van der Waals surface area contributed by atoms with Crippen molar-refractivity contribution < 1.29 is 9.32 Å². The molecule has 1 saturated carbocycles. The van der Waals surface area contributed by atoms with E-state index >= 15 is 0 Å². The van der Waals surface area contributed by atoms with Crippen LogP contribution in [-0.4, -0.2) is 17.1 Å². The molecule has 1 fully saturated rings. The van der Waals surface area contributed by atoms with Crippen molar-refractivity contribution in [1.29, 1.82) is 0 Å². The molecule has 0 aliphatic heterocycles. The van der Waals surface area contributed by atoms with Crippen molar-refractivity contribution in [1.82, 2.24) is 10.5 Å². The SMILES string of the molecule is CCc1noc(C)c1C(=O)N[C@H](C)[C@@H]1C[C@@H]1c1ccccc1. The van der Waals surface area contributed by atoms with Crippen molar-refractivity contribution in [3.63, 3.8) is 0 Å². The number of aryl methyl sites for hydroxylation is 2. The Hall–Kier alpha value is -2.10. The molecule has 0 saturated heterocycles. The summed E-state index contributed by atoms with van der Waals surface area (Å²) < 4.78 is 5.14. The molecule has 116 valence electrons. The van der Waals surface area contributed by atoms with E-state index in [1.165, 1.54) is 5.56 Å². The average Bonchev–Trinajstić information content (AvgIpc) is 3.24. The highest BCUT2D eigenvalue weighted by Crippen LogP contribution is 2.49. The number of hydrogen-bond acceptors (Lipinski definition) is 3. The standard InChI is InChI=1S/C18H22N2O2/c1-4-16-17(12(3)22-20-16)18(21)19-11(2)14-10-15(14)13-8-6-5-7-9-13/h5-9,11,14-15H,4,10H2,1-3H3,(H,19,21)/t11-,14+,15-/m1/s1. The molecule has 1 amide bonds. The lowest BCUT2D eigenvalue weighted by molar-refractivity contribution is 0.0933. The Morgan fingerprint density at radius 1 is 1.41 bits per heavy atom. The van der Waals surface area contributed by atoms with Crippen LogP contribution in [0, 0.1) is 12.8 Å². The van der Waals surface area contributed by atoms with Crippen molar-refractivity contribution >= 4 is 5.91 Å². The third-order valence-corrected chi connectivity index (χ3v) is 4.56. The number of rotatable bonds is 5. The minimum absolute atomic E-state index is 0.0678. The summed E-state index contributed by atoms with van der Waals surface area (Å²) in [5.74, 6) is 1.60. The van der Waals surface area contributed by atoms with E-state index < -0.39 is 0 Å². The average molecular weight is 298 g/mol. The van der Waals surface area contributed by atoms with Crippen LogP contribution in [0.15, 0.2) is 34.9 Å². The first-order valence-electron chi connectivity index (χ1n) is 7.92. The molecule has 1 aliphatic rings. The second-order valence-corrected chi connectivity index (χ2v) is 6.09. The summed E-state index contributed by atoms with van der Waals surface area (Å²) in [7, 11) is 0. The predicted molar refractivity (Wildman–Crippen MR) is 84.8 cm³/mol. The van der Waals surface area contributed by atoms with Gasteiger partial charge in [-0.3, -0.25) is 4.79 Å². The van der Waals surface area contributed by atoms with Crippen LogP contribution in [0.3, 0.4) is 0 Å². The van der Waals surface area contributed by atoms with E-state index in [1.807, 2.05) is 13.0 Å². The molecule has 2 aromatic rings. The van der Waals surface area contributed by atoms with E-state index in [0.717, 1.165) is 12.1 Å². The molecule has 1 aromatic carbocycles. The number of hydrogen-bond donors (Lipinski definition) is 1. The second-order valence-electron chi connectivity index (χ2n) is 6.09. The molecule has 0 spiro atoms. The van der Waals surface area contributed by atoms with E-state index in [4.69, 9.17) is 4.52 Å². The zero-order valence-electron chi connectivity index (χ0n) is 13.3. The van der Waals surface area contributed by atoms with Gasteiger partial charge in [0, 0.05) is 6.04 Å². The molecule has 0 radical (unpaired) electrons. The largest absolute Gasteiger partial charge is 0.361 e. The van der Waals surface area contributed by atoms with Gasteiger partial charge in [0.1, 0.15) is 11.3 Å². The molecule has 0 unspecified atom stereocenters. The Labute approximate surface area is 130 Å². The number of benzene rings is 1. The highest BCUT2D eigenvalue weighted by molar-refractivity contribution is 5.96. The second kappa shape index (κ2) is 5.95. The maximum absolute atomic E-state index is 12.5. The monoisotopic (exact) mass is 298 g/mol. The summed E-state index contributed by atoms with van der Waals surface area (Å²) in [5, 5.41) is 7.07. The van der Waals surface area contributed by atoms with Crippen molar-refractivity contribution in [2.45, 2.75) is 45.6 Å². The first kappa shape index (κ1) is 14.8. The molecule has 1 heterocycles. The summed E-state index contributed by atoms with van der Waals surface area (Å²) in [6.07, 6.45) is 1.83. The molecule has 1 aliphatic carbocycles. The van der Waals surface area contributed by atoms with Crippen molar-refractivity contribution in [3.05, 3.63) is 52.9 Å². The minimum Gasteiger partial charge on any atom is -0.361 e. The maximum Gasteiger partial charge on any atom is 0.257 e. The summed E-state index contributed by atoms with van der Waals surface area (Å²) in [4.78, 5) is 12.5. The van der Waals surface area contributed by atoms with Crippen molar-refractivity contribution in [2.75, 3.05) is 0 Å². The van der Waals surface area contributed by atoms with Crippen molar-refractivity contribution in [3.8, 4) is 0 Å². The van der Waals surface area contributed by atoms with Gasteiger partial charge in [-0.15, -0.1) is 0 Å². The van der Waals surface area contributed by atoms with Crippen molar-refractivity contribution in [2.24, 2.45) is 5.92 Å². The molecule has 1 aromatic heterocycles. The Morgan fingerprint density at radius 3 is 2.82 bits per heavy atom. The smallest absolute Gasteiger partial charge is 0.257 e. The molecule has 3 atom stereocenters. The summed E-state index contributed by atoms with van der Waals surface area (Å²) in [6, 6.07) is 10.7. The number of amides is 1. The van der Waals surface area contributed by atoms with Gasteiger partial charge in [-0.25, -0.2) is 0 Å². The molecule has 4 nitrogen and oxygen atoms in total. The number of aromatic nitrogens is 1. The van der Waals surface area contributed by atoms with Crippen LogP contribution in [0.5, 0.6) is 0 Å². The van der Waals surface area contributed by atoms with Crippen LogP contribution in [0.4, 0.5) is 0 Å². The number of carbonyl (C=O) groups excluding carboxylic acids is 1. The van der Waals surface area contributed by atoms with Crippen LogP contribution in [-0.2, 0) is 6.42 Å². The lowest BCUT2D eigenvalue weighted by Gasteiger charge is -2.14. The van der Waals surface area contributed by atoms with E-state index in [2.05, 4.69) is 41.7 Å². The quantitative estimate of drug-likeness (QED) is 0.919. The minimum atomic E-state index is -0.0678. The van der Waals surface area contributed by atoms with Gasteiger partial charge in [-0.05, 0) is 44.1 Å². The number of carbonyl (C=O) groups is 1. The zero-order valence-corrected chi connectivity index (χ0v) is 13.3. The maximum atomic E-state index is 12.5. The first-order valence-corrected chi connectivity index (χ1v) is 7.92. The van der Waals surface area contributed by atoms with Gasteiger partial charge in [0.25, 0.3) is 5.91 Å². The molecular weight excluding hydrogens is 276 g/mol. The highest BCUT2D eigenvalue weighted by Gasteiger charge is 2.42. The summed E-state index contributed by atoms with van der Waals surface area (Å²) in [5.41, 5.74) is 2.70. The molecular formula is C18H22N2O2. The van der Waals surface area contributed by atoms with Crippen LogP contribution in [0.1, 0.15) is 53.6 Å². The van der Waals surface area contributed by atoms with E-state index in [9.17, 15) is 4.79 Å². The summed E-state index contributed by atoms with van der Waals surface area (Å²) in [6.45, 7) is 5.85. The number of nitrogens with one attached hydrogen (secondary N) is 1. The van der Waals surface area contributed by atoms with Gasteiger partial charge in [0.2, 0.25) is 0 Å².